The van der Waals surface area contributed by atoms with Crippen molar-refractivity contribution in [2.24, 2.45) is 0 Å². The Hall–Kier alpha value is -1.03. The molecule has 2 N–H and O–H groups in total. The maximum Gasteiger partial charge on any atom is 0.423 e. The van der Waals surface area contributed by atoms with Crippen molar-refractivity contribution in [3.63, 3.8) is 0 Å². The first kappa shape index (κ1) is 20.0. The number of aliphatic carboxylic acids is 1. The highest BCUT2D eigenvalue weighted by molar-refractivity contribution is 5.78. The van der Waals surface area contributed by atoms with Gasteiger partial charge in [0.2, 0.25) is 6.10 Å². The number of hydrogen-bond acceptors (Lipinski definition) is 3. The zero-order valence-corrected chi connectivity index (χ0v) is 11.6. The summed E-state index contributed by atoms with van der Waals surface area (Å²) in [5.74, 6) is -1.39. The smallest absolute Gasteiger partial charge is 0.423 e. The molecule has 0 heterocycles. The Morgan fingerprint density at radius 3 is 1.86 bits per heavy atom. The second kappa shape index (κ2) is 6.82. The number of alkyl halides is 6. The van der Waals surface area contributed by atoms with Gasteiger partial charge in [-0.05, 0) is 27.2 Å². The van der Waals surface area contributed by atoms with Gasteiger partial charge in [-0.3, -0.25) is 10.1 Å². The third-order valence-electron chi connectivity index (χ3n) is 2.56. The standard InChI is InChI=1S/C11H17F6NO3/c1-6(2)18-9(3,8(19)20)4-5-21-7(10(12,13)14)11(15,16)17/h6-7,18H,4-5H2,1-3H3,(H,19,20). The van der Waals surface area contributed by atoms with Gasteiger partial charge in [-0.25, -0.2) is 0 Å². The van der Waals surface area contributed by atoms with E-state index in [0.717, 1.165) is 6.92 Å². The minimum Gasteiger partial charge on any atom is -0.480 e. The first-order valence-electron chi connectivity index (χ1n) is 5.96. The SMILES string of the molecule is CC(C)NC(C)(CCOC(C(F)(F)F)C(F)(F)F)C(=O)O. The third-order valence-corrected chi connectivity index (χ3v) is 2.56. The lowest BCUT2D eigenvalue weighted by atomic mass is 9.97. The van der Waals surface area contributed by atoms with Crippen LogP contribution in [0.5, 0.6) is 0 Å². The van der Waals surface area contributed by atoms with Crippen LogP contribution in [0.2, 0.25) is 0 Å². The molecular weight excluding hydrogens is 308 g/mol. The second-order valence-electron chi connectivity index (χ2n) is 5.02. The van der Waals surface area contributed by atoms with Crippen LogP contribution >= 0.6 is 0 Å². The number of carboxylic acids is 1. The first-order valence-corrected chi connectivity index (χ1v) is 5.96. The van der Waals surface area contributed by atoms with Crippen LogP contribution in [0.15, 0.2) is 0 Å². The Morgan fingerprint density at radius 1 is 1.14 bits per heavy atom. The lowest BCUT2D eigenvalue weighted by molar-refractivity contribution is -0.322. The number of rotatable bonds is 7. The van der Waals surface area contributed by atoms with Gasteiger partial charge < -0.3 is 9.84 Å². The zero-order chi connectivity index (χ0) is 17.1. The molecule has 0 saturated carbocycles. The van der Waals surface area contributed by atoms with Gasteiger partial charge in [-0.2, -0.15) is 26.3 Å². The van der Waals surface area contributed by atoms with Gasteiger partial charge in [0.15, 0.2) is 0 Å². The molecule has 10 heteroatoms. The highest BCUT2D eigenvalue weighted by Crippen LogP contribution is 2.35. The van der Waals surface area contributed by atoms with Gasteiger partial charge in [0.25, 0.3) is 0 Å². The lowest BCUT2D eigenvalue weighted by Gasteiger charge is -2.30. The van der Waals surface area contributed by atoms with E-state index in [9.17, 15) is 31.1 Å². The van der Waals surface area contributed by atoms with E-state index in [-0.39, 0.29) is 6.04 Å². The molecule has 0 spiro atoms. The van der Waals surface area contributed by atoms with Crippen LogP contribution in [0.1, 0.15) is 27.2 Å². The van der Waals surface area contributed by atoms with Gasteiger partial charge in [0, 0.05) is 6.04 Å². The van der Waals surface area contributed by atoms with Crippen LogP contribution < -0.4 is 5.32 Å². The Labute approximate surface area is 117 Å². The maximum absolute atomic E-state index is 12.2. The zero-order valence-electron chi connectivity index (χ0n) is 11.6. The van der Waals surface area contributed by atoms with E-state index >= 15 is 0 Å². The number of halogens is 6. The summed E-state index contributed by atoms with van der Waals surface area (Å²) in [5, 5.41) is 11.6. The molecule has 0 rings (SSSR count). The molecular formula is C11H17F6NO3. The quantitative estimate of drug-likeness (QED) is 0.707. The molecule has 0 aliphatic heterocycles. The third kappa shape index (κ3) is 6.51. The number of carboxylic acid groups (broad SMARTS) is 1. The van der Waals surface area contributed by atoms with E-state index in [1.807, 2.05) is 0 Å². The van der Waals surface area contributed by atoms with E-state index < -0.39 is 43.0 Å². The second-order valence-corrected chi connectivity index (χ2v) is 5.02. The number of carbonyl (C=O) groups is 1. The summed E-state index contributed by atoms with van der Waals surface area (Å²) < 4.78 is 77.2. The van der Waals surface area contributed by atoms with Gasteiger partial charge >= 0.3 is 18.3 Å². The molecule has 0 aliphatic rings. The van der Waals surface area contributed by atoms with Crippen LogP contribution in [0.4, 0.5) is 26.3 Å². The minimum absolute atomic E-state index is 0.327. The number of nitrogens with one attached hydrogen (secondary N) is 1. The average molecular weight is 325 g/mol. The molecule has 21 heavy (non-hydrogen) atoms. The Morgan fingerprint density at radius 2 is 1.57 bits per heavy atom. The average Bonchev–Trinajstić information content (AvgIpc) is 2.19. The van der Waals surface area contributed by atoms with Gasteiger partial charge in [0.1, 0.15) is 5.54 Å². The van der Waals surface area contributed by atoms with Crippen LogP contribution in [0, 0.1) is 0 Å². The molecule has 1 atom stereocenters. The minimum atomic E-state index is -5.61. The summed E-state index contributed by atoms with van der Waals surface area (Å²) in [6.45, 7) is 3.34. The fraction of sp³-hybridized carbons (Fsp3) is 0.909. The molecule has 0 amide bonds. The largest absolute Gasteiger partial charge is 0.480 e. The van der Waals surface area contributed by atoms with E-state index in [1.54, 1.807) is 13.8 Å². The van der Waals surface area contributed by atoms with Crippen molar-refractivity contribution in [3.05, 3.63) is 0 Å². The van der Waals surface area contributed by atoms with Gasteiger partial charge in [-0.1, -0.05) is 0 Å². The van der Waals surface area contributed by atoms with Crippen molar-refractivity contribution < 1.29 is 41.0 Å². The monoisotopic (exact) mass is 325 g/mol. The van der Waals surface area contributed by atoms with Crippen molar-refractivity contribution in [2.45, 2.75) is 57.2 Å². The summed E-state index contributed by atoms with van der Waals surface area (Å²) in [6.07, 6.45) is -15.7. The van der Waals surface area contributed by atoms with Crippen molar-refractivity contribution in [3.8, 4) is 0 Å². The topological polar surface area (TPSA) is 58.6 Å². The molecule has 0 aromatic heterocycles. The fourth-order valence-electron chi connectivity index (χ4n) is 1.63. The summed E-state index contributed by atoms with van der Waals surface area (Å²) >= 11 is 0. The number of hydrogen-bond donors (Lipinski definition) is 2. The Balaban J connectivity index is 4.79. The van der Waals surface area contributed by atoms with E-state index in [0.29, 0.717) is 0 Å². The lowest BCUT2D eigenvalue weighted by Crippen LogP contribution is -2.53. The summed E-state index contributed by atoms with van der Waals surface area (Å²) in [6, 6.07) is -0.327. The predicted octanol–water partition coefficient (Wildman–Crippen LogP) is 2.73. The first-order chi connectivity index (χ1) is 9.20. The van der Waals surface area contributed by atoms with Crippen molar-refractivity contribution in [1.29, 1.82) is 0 Å². The van der Waals surface area contributed by atoms with Crippen molar-refractivity contribution in [1.82, 2.24) is 5.32 Å². The molecule has 126 valence electrons. The van der Waals surface area contributed by atoms with E-state index in [4.69, 9.17) is 5.11 Å². The molecule has 1 unspecified atom stereocenters. The molecule has 0 fully saturated rings. The van der Waals surface area contributed by atoms with E-state index in [2.05, 4.69) is 10.1 Å². The van der Waals surface area contributed by atoms with E-state index in [1.165, 1.54) is 0 Å². The molecule has 0 aromatic rings. The summed E-state index contributed by atoms with van der Waals surface area (Å²) in [7, 11) is 0. The molecule has 0 radical (unpaired) electrons. The maximum atomic E-state index is 12.2. The van der Waals surface area contributed by atoms with Crippen LogP contribution in [0.3, 0.4) is 0 Å². The molecule has 0 aliphatic carbocycles. The van der Waals surface area contributed by atoms with Gasteiger partial charge in [0.05, 0.1) is 6.61 Å². The highest BCUT2D eigenvalue weighted by atomic mass is 19.4. The van der Waals surface area contributed by atoms with Crippen LogP contribution in [-0.4, -0.2) is 47.7 Å². The summed E-state index contributed by atoms with van der Waals surface area (Å²) in [5.41, 5.74) is -1.68. The molecule has 0 aromatic carbocycles. The van der Waals surface area contributed by atoms with Crippen LogP contribution in [0.25, 0.3) is 0 Å². The summed E-state index contributed by atoms with van der Waals surface area (Å²) in [4.78, 5) is 11.1. The van der Waals surface area contributed by atoms with Crippen molar-refractivity contribution in [2.75, 3.05) is 6.61 Å². The Bertz CT molecular complexity index is 341. The normalized spacial score (nSPS) is 16.3. The molecule has 4 nitrogen and oxygen atoms in total. The van der Waals surface area contributed by atoms with Gasteiger partial charge in [-0.15, -0.1) is 0 Å². The van der Waals surface area contributed by atoms with Crippen molar-refractivity contribution >= 4 is 5.97 Å². The predicted molar refractivity (Wildman–Crippen MR) is 60.8 cm³/mol. The van der Waals surface area contributed by atoms with Crippen LogP contribution in [-0.2, 0) is 9.53 Å². The molecule has 0 bridgehead atoms. The highest BCUT2D eigenvalue weighted by Gasteiger charge is 2.58. The Kier molecular flexibility index (Phi) is 6.49. The molecule has 0 saturated heterocycles. The number of ether oxygens (including phenoxy) is 1. The fourth-order valence-corrected chi connectivity index (χ4v) is 1.63.